The number of para-hydroxylation sites is 2. The van der Waals surface area contributed by atoms with Crippen molar-refractivity contribution in [2.45, 2.75) is 21.8 Å². The normalized spacial score (nSPS) is 10.6. The second kappa shape index (κ2) is 26.7. The van der Waals surface area contributed by atoms with E-state index in [-0.39, 0.29) is 14.9 Å². The predicted molar refractivity (Wildman–Crippen MR) is 356 cm³/mol. The summed E-state index contributed by atoms with van der Waals surface area (Å²) in [6.07, 6.45) is 0. The molecule has 1 atom stereocenters. The lowest BCUT2D eigenvalue weighted by molar-refractivity contribution is 0.426. The molecule has 0 radical (unpaired) electrons. The molecule has 2 aromatic heterocycles. The van der Waals surface area contributed by atoms with E-state index < -0.39 is 7.12 Å². The summed E-state index contributed by atoms with van der Waals surface area (Å²) in [5.41, 5.74) is 16.6. The van der Waals surface area contributed by atoms with Crippen LogP contribution in [-0.4, -0.2) is 26.3 Å². The zero-order valence-corrected chi connectivity index (χ0v) is 48.0. The highest BCUT2D eigenvalue weighted by Gasteiger charge is 2.16. The van der Waals surface area contributed by atoms with Crippen LogP contribution in [0.4, 0.5) is 0 Å². The Bertz CT molecular complexity index is 4040. The summed E-state index contributed by atoms with van der Waals surface area (Å²) in [7, 11) is 1.32. The summed E-state index contributed by atoms with van der Waals surface area (Å²) in [6.45, 7) is 2.10. The van der Waals surface area contributed by atoms with Crippen LogP contribution in [0, 0.1) is 10.5 Å². The maximum Gasteiger partial charge on any atom is 0.488 e. The number of hydrogen-bond acceptors (Lipinski definition) is 2. The van der Waals surface area contributed by atoms with Crippen molar-refractivity contribution in [1.29, 1.82) is 0 Å². The Morgan fingerprint density at radius 3 is 1.06 bits per heavy atom. The van der Waals surface area contributed by atoms with E-state index in [0.717, 1.165) is 8.95 Å². The van der Waals surface area contributed by atoms with Crippen molar-refractivity contribution < 1.29 is 10.0 Å². The molecule has 0 spiro atoms. The lowest BCUT2D eigenvalue weighted by Crippen LogP contribution is -2.29. The Morgan fingerprint density at radius 1 is 0.372 bits per heavy atom. The summed E-state index contributed by atoms with van der Waals surface area (Å²) < 4.78 is 8.00. The predicted octanol–water partition coefficient (Wildman–Crippen LogP) is 18.8. The number of nitrogens with zero attached hydrogens (tertiary/aromatic N) is 2. The highest BCUT2D eigenvalue weighted by Crippen LogP contribution is 2.38. The lowest BCUT2D eigenvalue weighted by atomic mass is 9.81. The number of aryl methyl sites for hydroxylation is 1. The molecule has 0 saturated carbocycles. The van der Waals surface area contributed by atoms with Gasteiger partial charge in [-0.3, -0.25) is 0 Å². The van der Waals surface area contributed by atoms with Gasteiger partial charge in [-0.15, -0.1) is 9.24 Å². The van der Waals surface area contributed by atoms with Gasteiger partial charge >= 0.3 is 7.12 Å². The van der Waals surface area contributed by atoms with E-state index in [2.05, 4.69) is 310 Å². The van der Waals surface area contributed by atoms with Crippen LogP contribution in [0.3, 0.4) is 0 Å². The number of fused-ring (bicyclic) bond motifs is 6. The molecule has 386 valence electrons. The van der Waals surface area contributed by atoms with Crippen LogP contribution in [0.15, 0.2) is 276 Å². The van der Waals surface area contributed by atoms with Crippen LogP contribution in [-0.2, 0) is 0 Å². The number of rotatable bonds is 6. The van der Waals surface area contributed by atoms with Gasteiger partial charge in [-0.1, -0.05) is 211 Å². The van der Waals surface area contributed by atoms with Crippen LogP contribution in [0.2, 0.25) is 0 Å². The smallest absolute Gasteiger partial charge is 0.423 e. The molecule has 0 amide bonds. The maximum atomic E-state index is 8.65. The first-order chi connectivity index (χ1) is 37.1. The summed E-state index contributed by atoms with van der Waals surface area (Å²) >= 11 is 9.17. The molecule has 11 aromatic carbocycles. The fourth-order valence-corrected chi connectivity index (χ4v) is 10.6. The van der Waals surface area contributed by atoms with E-state index in [4.69, 9.17) is 10.0 Å². The zero-order chi connectivity index (χ0) is 52.5. The quantitative estimate of drug-likeness (QED) is 0.0990. The average Bonchev–Trinajstić information content (AvgIpc) is 4.17. The number of halogens is 3. The largest absolute Gasteiger partial charge is 0.488 e. The standard InChI is InChI=1S/C30H20BrN.C24H16IN.C7H9P.C6H6BBrO2.2CH4/c31-25-15-11-22(12-16-25)24-14-18-30-28(20-24)27-19-23(21-7-3-1-4-8-21)13-17-29(27)32(30)26-9-5-2-6-10-26;25-19-12-14-24-22(16-19)21-15-18(17-7-3-1-4-8-17)11-13-23(21)26(24)20-9-5-2-6-10-20;1-6-4-2-3-5-7(6)8;8-6-3-1-5(2-4-6)7(9)10;;/h1-20H;1-16H;2-5H,8H2,1H3;1-4,9-10H;2*1H4. The van der Waals surface area contributed by atoms with Crippen LogP contribution in [0.5, 0.6) is 0 Å². The van der Waals surface area contributed by atoms with Gasteiger partial charge in [0.15, 0.2) is 0 Å². The highest BCUT2D eigenvalue weighted by atomic mass is 127. The van der Waals surface area contributed by atoms with Crippen molar-refractivity contribution >= 4 is 125 Å². The van der Waals surface area contributed by atoms with Gasteiger partial charge < -0.3 is 19.2 Å². The van der Waals surface area contributed by atoms with Crippen molar-refractivity contribution in [2.24, 2.45) is 0 Å². The molecular weight excluding hydrogens is 1220 g/mol. The van der Waals surface area contributed by atoms with Crippen LogP contribution < -0.4 is 10.8 Å². The first-order valence-corrected chi connectivity index (χ1v) is 28.1. The van der Waals surface area contributed by atoms with Crippen molar-refractivity contribution in [2.75, 3.05) is 0 Å². The molecule has 13 rings (SSSR count). The minimum atomic E-state index is -1.37. The van der Waals surface area contributed by atoms with Crippen molar-refractivity contribution in [1.82, 2.24) is 9.13 Å². The van der Waals surface area contributed by atoms with Crippen LogP contribution in [0.25, 0.3) is 88.4 Å². The molecule has 13 aromatic rings. The Balaban J connectivity index is 0.000000155. The Labute approximate surface area is 491 Å². The Morgan fingerprint density at radius 2 is 0.692 bits per heavy atom. The molecule has 0 aliphatic carbocycles. The number of hydrogen-bond donors (Lipinski definition) is 2. The van der Waals surface area contributed by atoms with Gasteiger partial charge in [-0.05, 0) is 182 Å². The van der Waals surface area contributed by atoms with E-state index in [9.17, 15) is 0 Å². The molecule has 0 bridgehead atoms. The Kier molecular flexibility index (Phi) is 19.6. The van der Waals surface area contributed by atoms with Gasteiger partial charge in [-0.2, -0.15) is 0 Å². The topological polar surface area (TPSA) is 50.3 Å². The summed E-state index contributed by atoms with van der Waals surface area (Å²) in [6, 6.07) is 93.1. The van der Waals surface area contributed by atoms with E-state index >= 15 is 0 Å². The van der Waals surface area contributed by atoms with Gasteiger partial charge in [-0.25, -0.2) is 0 Å². The van der Waals surface area contributed by atoms with Gasteiger partial charge in [0.25, 0.3) is 0 Å². The van der Waals surface area contributed by atoms with Gasteiger partial charge in [0, 0.05) is 45.4 Å². The molecular formula is C69H59BBr2IN2O2P. The first kappa shape index (κ1) is 57.3. The SMILES string of the molecule is Brc1ccc(-c2ccc3c(c2)c2cc(-c4ccccc4)ccc2n3-c2ccccc2)cc1.C.C.Cc1ccccc1P.Ic1ccc2c(c1)c1cc(-c3ccccc3)ccc1n2-c1ccccc1.OB(O)c1ccc(Br)cc1. The highest BCUT2D eigenvalue weighted by molar-refractivity contribution is 14.1. The third-order valence-electron chi connectivity index (χ3n) is 13.3. The molecule has 2 N–H and O–H groups in total. The molecule has 78 heavy (non-hydrogen) atoms. The van der Waals surface area contributed by atoms with Crippen LogP contribution >= 0.6 is 63.7 Å². The zero-order valence-electron chi connectivity index (χ0n) is 41.5. The summed E-state index contributed by atoms with van der Waals surface area (Å²) in [4.78, 5) is 0. The number of aromatic nitrogens is 2. The molecule has 1 unspecified atom stereocenters. The summed E-state index contributed by atoms with van der Waals surface area (Å²) in [5.74, 6) is 0. The number of benzene rings is 11. The molecule has 0 aliphatic rings. The minimum Gasteiger partial charge on any atom is -0.423 e. The first-order valence-electron chi connectivity index (χ1n) is 24.8. The van der Waals surface area contributed by atoms with E-state index in [1.54, 1.807) is 24.3 Å². The second-order valence-electron chi connectivity index (χ2n) is 18.2. The third-order valence-corrected chi connectivity index (χ3v) is 15.6. The van der Waals surface area contributed by atoms with E-state index in [1.165, 1.54) is 103 Å². The molecule has 2 heterocycles. The van der Waals surface area contributed by atoms with Crippen molar-refractivity contribution in [3.63, 3.8) is 0 Å². The van der Waals surface area contributed by atoms with E-state index in [0.29, 0.717) is 5.46 Å². The van der Waals surface area contributed by atoms with Gasteiger partial charge in [0.05, 0.1) is 22.1 Å². The van der Waals surface area contributed by atoms with E-state index in [1.807, 2.05) is 12.1 Å². The molecule has 4 nitrogen and oxygen atoms in total. The minimum absolute atomic E-state index is 0. The lowest BCUT2D eigenvalue weighted by Gasteiger charge is -2.08. The fourth-order valence-electron chi connectivity index (χ4n) is 9.39. The van der Waals surface area contributed by atoms with Crippen LogP contribution in [0.1, 0.15) is 20.4 Å². The van der Waals surface area contributed by atoms with Gasteiger partial charge in [0.1, 0.15) is 0 Å². The molecule has 0 aliphatic heterocycles. The summed E-state index contributed by atoms with van der Waals surface area (Å²) in [5, 5.41) is 23.7. The van der Waals surface area contributed by atoms with Crippen molar-refractivity contribution in [3.8, 4) is 44.8 Å². The third kappa shape index (κ3) is 13.2. The second-order valence-corrected chi connectivity index (χ2v) is 21.9. The maximum absolute atomic E-state index is 8.65. The molecule has 9 heteroatoms. The average molecular weight is 1280 g/mol. The molecule has 0 fully saturated rings. The monoisotopic (exact) mass is 1270 g/mol. The van der Waals surface area contributed by atoms with Gasteiger partial charge in [0.2, 0.25) is 0 Å². The molecule has 0 saturated heterocycles. The fraction of sp³-hybridized carbons (Fsp3) is 0.0435. The Hall–Kier alpha value is -6.88. The van der Waals surface area contributed by atoms with Crippen molar-refractivity contribution in [3.05, 3.63) is 285 Å².